The van der Waals surface area contributed by atoms with Crippen molar-refractivity contribution in [2.24, 2.45) is 5.41 Å². The number of halogens is 2. The van der Waals surface area contributed by atoms with Crippen LogP contribution in [0.5, 0.6) is 11.5 Å². The predicted molar refractivity (Wildman–Crippen MR) is 98.7 cm³/mol. The lowest BCUT2D eigenvalue weighted by Crippen LogP contribution is -2.26. The number of rotatable bonds is 5. The maximum Gasteiger partial charge on any atom is 0.184 e. The lowest BCUT2D eigenvalue weighted by atomic mass is 9.83. The summed E-state index contributed by atoms with van der Waals surface area (Å²) in [7, 11) is 0. The number of hydrogen-bond donors (Lipinski definition) is 2. The highest BCUT2D eigenvalue weighted by Crippen LogP contribution is 2.39. The number of para-hydroxylation sites is 1. The Morgan fingerprint density at radius 2 is 1.81 bits per heavy atom. The van der Waals surface area contributed by atoms with E-state index in [1.165, 1.54) is 6.07 Å². The normalized spacial score (nSPS) is 13.0. The summed E-state index contributed by atoms with van der Waals surface area (Å²) in [6.45, 7) is 4.92. The van der Waals surface area contributed by atoms with Gasteiger partial charge in [0.2, 0.25) is 0 Å². The highest BCUT2D eigenvalue weighted by molar-refractivity contribution is 5.81. The first-order valence-corrected chi connectivity index (χ1v) is 8.55. The molecule has 1 heterocycles. The highest BCUT2D eigenvalue weighted by atomic mass is 19.2. The van der Waals surface area contributed by atoms with Gasteiger partial charge in [-0.1, -0.05) is 32.0 Å². The molecule has 0 spiro atoms. The first-order chi connectivity index (χ1) is 12.7. The fourth-order valence-corrected chi connectivity index (χ4v) is 2.78. The van der Waals surface area contributed by atoms with Crippen molar-refractivity contribution in [3.05, 3.63) is 65.4 Å². The molecule has 0 saturated heterocycles. The Morgan fingerprint density at radius 1 is 1.11 bits per heavy atom. The minimum Gasteiger partial charge on any atom is -0.455 e. The molecular weight excluding hydrogens is 352 g/mol. The molecule has 0 aliphatic carbocycles. The monoisotopic (exact) mass is 373 g/mol. The van der Waals surface area contributed by atoms with Gasteiger partial charge in [-0.3, -0.25) is 0 Å². The van der Waals surface area contributed by atoms with Crippen LogP contribution in [0.25, 0.3) is 10.9 Å². The van der Waals surface area contributed by atoms with Gasteiger partial charge < -0.3 is 14.9 Å². The molecule has 2 N–H and O–H groups in total. The third-order valence-electron chi connectivity index (χ3n) is 4.60. The molecule has 1 aromatic heterocycles. The molecule has 3 rings (SSSR count). The maximum absolute atomic E-state index is 13.9. The summed E-state index contributed by atoms with van der Waals surface area (Å²) in [6, 6.07) is 11.0. The van der Waals surface area contributed by atoms with Crippen molar-refractivity contribution >= 4 is 10.9 Å². The molecule has 1 unspecified atom stereocenters. The van der Waals surface area contributed by atoms with Crippen molar-refractivity contribution in [2.45, 2.75) is 26.9 Å². The average Bonchev–Trinajstić information content (AvgIpc) is 2.66. The van der Waals surface area contributed by atoms with Gasteiger partial charge in [0.15, 0.2) is 11.6 Å². The smallest absolute Gasteiger partial charge is 0.184 e. The van der Waals surface area contributed by atoms with E-state index in [1.807, 2.05) is 0 Å². The number of hydrogen-bond acceptors (Lipinski definition) is 4. The Labute approximate surface area is 156 Å². The number of aliphatic hydroxyl groups excluding tert-OH is 2. The third-order valence-corrected chi connectivity index (χ3v) is 4.60. The maximum atomic E-state index is 13.9. The summed E-state index contributed by atoms with van der Waals surface area (Å²) in [5.41, 5.74) is 0.0743. The van der Waals surface area contributed by atoms with E-state index in [2.05, 4.69) is 4.98 Å². The second kappa shape index (κ2) is 7.21. The SMILES string of the molecule is Cc1nc2c(F)c(F)ccc2cc1Oc1ccccc1C(O)C(C)(C)CO. The van der Waals surface area contributed by atoms with Gasteiger partial charge in [0.25, 0.3) is 0 Å². The minimum absolute atomic E-state index is 0.0606. The number of nitrogens with zero attached hydrogens (tertiary/aromatic N) is 1. The van der Waals surface area contributed by atoms with Crippen LogP contribution >= 0.6 is 0 Å². The standard InChI is InChI=1S/C21H21F2NO3/c1-12-17(10-13-8-9-15(22)18(23)19(13)24-12)27-16-7-5-4-6-14(16)20(26)21(2,3)11-25/h4-10,20,25-26H,11H2,1-3H3. The number of aromatic nitrogens is 1. The molecular formula is C21H21F2NO3. The van der Waals surface area contributed by atoms with Gasteiger partial charge in [-0.25, -0.2) is 13.8 Å². The summed E-state index contributed by atoms with van der Waals surface area (Å²) >= 11 is 0. The molecule has 3 aromatic rings. The summed E-state index contributed by atoms with van der Waals surface area (Å²) in [4.78, 5) is 4.13. The van der Waals surface area contributed by atoms with E-state index in [0.29, 0.717) is 28.1 Å². The Balaban J connectivity index is 2.04. The van der Waals surface area contributed by atoms with Crippen molar-refractivity contribution in [1.29, 1.82) is 0 Å². The average molecular weight is 373 g/mol. The fraction of sp³-hybridized carbons (Fsp3) is 0.286. The van der Waals surface area contributed by atoms with Crippen LogP contribution in [-0.4, -0.2) is 21.8 Å². The third kappa shape index (κ3) is 3.63. The Kier molecular flexibility index (Phi) is 5.13. The Hall–Kier alpha value is -2.57. The molecule has 0 amide bonds. The summed E-state index contributed by atoms with van der Waals surface area (Å²) in [5, 5.41) is 20.6. The topological polar surface area (TPSA) is 62.6 Å². The van der Waals surface area contributed by atoms with E-state index in [4.69, 9.17) is 4.74 Å². The van der Waals surface area contributed by atoms with E-state index in [1.54, 1.807) is 51.1 Å². The molecule has 1 atom stereocenters. The van der Waals surface area contributed by atoms with Crippen LogP contribution in [0.4, 0.5) is 8.78 Å². The molecule has 0 radical (unpaired) electrons. The van der Waals surface area contributed by atoms with Crippen LogP contribution in [0.3, 0.4) is 0 Å². The predicted octanol–water partition coefficient (Wildman–Crippen LogP) is 4.67. The van der Waals surface area contributed by atoms with Gasteiger partial charge in [0.05, 0.1) is 18.4 Å². The number of fused-ring (bicyclic) bond motifs is 1. The van der Waals surface area contributed by atoms with E-state index in [9.17, 15) is 19.0 Å². The van der Waals surface area contributed by atoms with E-state index < -0.39 is 23.2 Å². The molecule has 0 bridgehead atoms. The van der Waals surface area contributed by atoms with Gasteiger partial charge in [-0.05, 0) is 31.2 Å². The molecule has 27 heavy (non-hydrogen) atoms. The zero-order valence-corrected chi connectivity index (χ0v) is 15.3. The lowest BCUT2D eigenvalue weighted by Gasteiger charge is -2.29. The van der Waals surface area contributed by atoms with Gasteiger partial charge in [0.1, 0.15) is 17.0 Å². The van der Waals surface area contributed by atoms with Gasteiger partial charge in [0, 0.05) is 16.4 Å². The molecule has 142 valence electrons. The second-order valence-corrected chi connectivity index (χ2v) is 7.19. The van der Waals surface area contributed by atoms with Crippen LogP contribution in [0.1, 0.15) is 31.2 Å². The molecule has 2 aromatic carbocycles. The van der Waals surface area contributed by atoms with Crippen LogP contribution in [0.15, 0.2) is 42.5 Å². The summed E-state index contributed by atoms with van der Waals surface area (Å²) in [6.07, 6.45) is -0.959. The molecule has 0 aliphatic heterocycles. The number of aryl methyl sites for hydroxylation is 1. The molecule has 4 nitrogen and oxygen atoms in total. The molecule has 0 fully saturated rings. The van der Waals surface area contributed by atoms with Gasteiger partial charge in [-0.2, -0.15) is 0 Å². The molecule has 6 heteroatoms. The quantitative estimate of drug-likeness (QED) is 0.682. The largest absolute Gasteiger partial charge is 0.455 e. The van der Waals surface area contributed by atoms with E-state index >= 15 is 0 Å². The lowest BCUT2D eigenvalue weighted by molar-refractivity contribution is 0.00529. The van der Waals surface area contributed by atoms with E-state index in [0.717, 1.165) is 6.07 Å². The zero-order valence-electron chi connectivity index (χ0n) is 15.3. The van der Waals surface area contributed by atoms with Crippen molar-refractivity contribution < 1.29 is 23.7 Å². The molecule has 0 aliphatic rings. The second-order valence-electron chi connectivity index (χ2n) is 7.19. The number of benzene rings is 2. The van der Waals surface area contributed by atoms with Crippen molar-refractivity contribution in [1.82, 2.24) is 4.98 Å². The Morgan fingerprint density at radius 3 is 2.52 bits per heavy atom. The van der Waals surface area contributed by atoms with Crippen molar-refractivity contribution in [3.63, 3.8) is 0 Å². The summed E-state index contributed by atoms with van der Waals surface area (Å²) < 4.78 is 33.3. The summed E-state index contributed by atoms with van der Waals surface area (Å²) in [5.74, 6) is -1.18. The van der Waals surface area contributed by atoms with E-state index in [-0.39, 0.29) is 12.1 Å². The fourth-order valence-electron chi connectivity index (χ4n) is 2.78. The van der Waals surface area contributed by atoms with Crippen LogP contribution in [0.2, 0.25) is 0 Å². The Bertz CT molecular complexity index is 989. The van der Waals surface area contributed by atoms with Gasteiger partial charge >= 0.3 is 0 Å². The van der Waals surface area contributed by atoms with Crippen LogP contribution in [0, 0.1) is 24.0 Å². The minimum atomic E-state index is -0.998. The highest BCUT2D eigenvalue weighted by Gasteiger charge is 2.30. The van der Waals surface area contributed by atoms with Crippen molar-refractivity contribution in [3.8, 4) is 11.5 Å². The number of pyridine rings is 1. The number of ether oxygens (including phenoxy) is 1. The van der Waals surface area contributed by atoms with Gasteiger partial charge in [-0.15, -0.1) is 0 Å². The first kappa shape index (κ1) is 19.2. The zero-order chi connectivity index (χ0) is 19.8. The van der Waals surface area contributed by atoms with Crippen molar-refractivity contribution in [2.75, 3.05) is 6.61 Å². The number of aliphatic hydroxyl groups is 2. The first-order valence-electron chi connectivity index (χ1n) is 8.55. The van der Waals surface area contributed by atoms with Crippen LogP contribution < -0.4 is 4.74 Å². The molecule has 0 saturated carbocycles. The van der Waals surface area contributed by atoms with Crippen LogP contribution in [-0.2, 0) is 0 Å².